The first-order chi connectivity index (χ1) is 8.49. The Balaban J connectivity index is 2.69. The Bertz CT molecular complexity index is 662. The summed E-state index contributed by atoms with van der Waals surface area (Å²) in [5.74, 6) is -1.11. The van der Waals surface area contributed by atoms with Gasteiger partial charge in [0.1, 0.15) is 5.56 Å². The maximum absolute atomic E-state index is 11.5. The summed E-state index contributed by atoms with van der Waals surface area (Å²) in [4.78, 5) is 26.5. The molecule has 0 spiro atoms. The summed E-state index contributed by atoms with van der Waals surface area (Å²) in [5.41, 5.74) is 0.281. The van der Waals surface area contributed by atoms with Crippen LogP contribution in [0, 0.1) is 0 Å². The van der Waals surface area contributed by atoms with Crippen molar-refractivity contribution < 1.29 is 9.90 Å². The average Bonchev–Trinajstić information content (AvgIpc) is 2.33. The summed E-state index contributed by atoms with van der Waals surface area (Å²) >= 11 is 3.29. The lowest BCUT2D eigenvalue weighted by atomic mass is 10.1. The number of nitrogens with zero attached hydrogens (tertiary/aromatic N) is 2. The molecule has 0 bridgehead atoms. The maximum atomic E-state index is 11.5. The maximum Gasteiger partial charge on any atom is 0.347 e. The van der Waals surface area contributed by atoms with E-state index in [0.29, 0.717) is 5.56 Å². The van der Waals surface area contributed by atoms with Gasteiger partial charge in [0.05, 0.1) is 5.69 Å². The summed E-state index contributed by atoms with van der Waals surface area (Å²) < 4.78 is 2.01. The van der Waals surface area contributed by atoms with Crippen LogP contribution >= 0.6 is 15.9 Å². The lowest BCUT2D eigenvalue weighted by molar-refractivity contribution is 0.0696. The highest BCUT2D eigenvalue weighted by Gasteiger charge is 2.15. The third-order valence-corrected chi connectivity index (χ3v) is 2.96. The molecule has 1 heterocycles. The van der Waals surface area contributed by atoms with Crippen LogP contribution in [0.1, 0.15) is 10.4 Å². The van der Waals surface area contributed by atoms with Crippen LogP contribution in [0.2, 0.25) is 0 Å². The molecule has 18 heavy (non-hydrogen) atoms. The van der Waals surface area contributed by atoms with E-state index in [4.69, 9.17) is 5.11 Å². The smallest absolute Gasteiger partial charge is 0.347 e. The van der Waals surface area contributed by atoms with Gasteiger partial charge in [0.25, 0.3) is 0 Å². The van der Waals surface area contributed by atoms with Crippen LogP contribution in [0.15, 0.2) is 39.7 Å². The van der Waals surface area contributed by atoms with E-state index < -0.39 is 11.7 Å². The van der Waals surface area contributed by atoms with Crippen molar-refractivity contribution >= 4 is 21.9 Å². The first kappa shape index (κ1) is 12.5. The zero-order valence-electron chi connectivity index (χ0n) is 9.42. The molecule has 5 nitrogen and oxygen atoms in total. The SMILES string of the molecule is Cn1cc(C(=O)O)c(-c2ccc(Br)cc2)nc1=O. The van der Waals surface area contributed by atoms with Crippen molar-refractivity contribution in [2.75, 3.05) is 0 Å². The van der Waals surface area contributed by atoms with Gasteiger partial charge in [0.15, 0.2) is 0 Å². The summed E-state index contributed by atoms with van der Waals surface area (Å²) in [5, 5.41) is 9.13. The number of rotatable bonds is 2. The Morgan fingerprint density at radius 2 is 1.94 bits per heavy atom. The van der Waals surface area contributed by atoms with E-state index in [1.807, 2.05) is 0 Å². The van der Waals surface area contributed by atoms with Crippen LogP contribution in [-0.2, 0) is 7.05 Å². The number of carboxylic acid groups (broad SMARTS) is 1. The van der Waals surface area contributed by atoms with Gasteiger partial charge in [-0.15, -0.1) is 0 Å². The zero-order valence-corrected chi connectivity index (χ0v) is 11.0. The second-order valence-electron chi connectivity index (χ2n) is 3.71. The molecule has 0 saturated heterocycles. The molecule has 6 heteroatoms. The van der Waals surface area contributed by atoms with Crippen LogP contribution in [0.25, 0.3) is 11.3 Å². The third-order valence-electron chi connectivity index (χ3n) is 2.44. The molecule has 2 rings (SSSR count). The molecule has 0 aliphatic carbocycles. The molecule has 0 aliphatic heterocycles. The van der Waals surface area contributed by atoms with E-state index in [1.54, 1.807) is 24.3 Å². The van der Waals surface area contributed by atoms with Gasteiger partial charge in [0.2, 0.25) is 0 Å². The van der Waals surface area contributed by atoms with Gasteiger partial charge in [-0.3, -0.25) is 0 Å². The number of benzene rings is 1. The Morgan fingerprint density at radius 3 is 2.50 bits per heavy atom. The molecule has 0 fully saturated rings. The van der Waals surface area contributed by atoms with E-state index >= 15 is 0 Å². The number of aryl methyl sites for hydroxylation is 1. The average molecular weight is 309 g/mol. The largest absolute Gasteiger partial charge is 0.478 e. The third kappa shape index (κ3) is 2.33. The highest BCUT2D eigenvalue weighted by atomic mass is 79.9. The van der Waals surface area contributed by atoms with E-state index in [1.165, 1.54) is 13.2 Å². The summed E-state index contributed by atoms with van der Waals surface area (Å²) in [6.45, 7) is 0. The van der Waals surface area contributed by atoms with Crippen molar-refractivity contribution in [2.45, 2.75) is 0 Å². The fraction of sp³-hybridized carbons (Fsp3) is 0.0833. The highest BCUT2D eigenvalue weighted by Crippen LogP contribution is 2.22. The van der Waals surface area contributed by atoms with E-state index in [2.05, 4.69) is 20.9 Å². The molecule has 1 aromatic heterocycles. The standard InChI is InChI=1S/C12H9BrN2O3/c1-15-6-9(11(16)17)10(14-12(15)18)7-2-4-8(13)5-3-7/h2-6H,1H3,(H,16,17). The molecule has 2 aromatic rings. The summed E-state index contributed by atoms with van der Waals surface area (Å²) in [7, 11) is 1.47. The Labute approximate surface area is 111 Å². The number of hydrogen-bond acceptors (Lipinski definition) is 3. The molecule has 0 saturated carbocycles. The van der Waals surface area contributed by atoms with Crippen molar-refractivity contribution in [2.24, 2.45) is 7.05 Å². The van der Waals surface area contributed by atoms with Crippen molar-refractivity contribution in [3.8, 4) is 11.3 Å². The van der Waals surface area contributed by atoms with E-state index in [0.717, 1.165) is 9.04 Å². The molecule has 0 aliphatic rings. The van der Waals surface area contributed by atoms with Gasteiger partial charge in [-0.25, -0.2) is 9.59 Å². The number of carbonyl (C=O) groups is 1. The number of hydrogen-bond donors (Lipinski definition) is 1. The molecule has 0 unspecified atom stereocenters. The van der Waals surface area contributed by atoms with Crippen LogP contribution in [-0.4, -0.2) is 20.6 Å². The lowest BCUT2D eigenvalue weighted by Crippen LogP contribution is -2.22. The second-order valence-corrected chi connectivity index (χ2v) is 4.62. The van der Waals surface area contributed by atoms with Crippen LogP contribution in [0.3, 0.4) is 0 Å². The molecule has 0 amide bonds. The fourth-order valence-corrected chi connectivity index (χ4v) is 1.79. The van der Waals surface area contributed by atoms with Gasteiger partial charge in [-0.1, -0.05) is 28.1 Å². The Hall–Kier alpha value is -1.95. The molecule has 92 valence electrons. The van der Waals surface area contributed by atoms with Gasteiger partial charge in [-0.05, 0) is 12.1 Å². The number of halogens is 1. The minimum Gasteiger partial charge on any atom is -0.478 e. The van der Waals surface area contributed by atoms with Gasteiger partial charge in [-0.2, -0.15) is 4.98 Å². The molecular formula is C12H9BrN2O3. The number of aromatic carboxylic acids is 1. The topological polar surface area (TPSA) is 72.2 Å². The van der Waals surface area contributed by atoms with Crippen molar-refractivity contribution in [3.05, 3.63) is 51.0 Å². The molecular weight excluding hydrogens is 300 g/mol. The van der Waals surface area contributed by atoms with Crippen LogP contribution in [0.5, 0.6) is 0 Å². The van der Waals surface area contributed by atoms with Crippen molar-refractivity contribution in [3.63, 3.8) is 0 Å². The zero-order chi connectivity index (χ0) is 13.3. The van der Waals surface area contributed by atoms with E-state index in [9.17, 15) is 9.59 Å². The number of carboxylic acids is 1. The normalized spacial score (nSPS) is 10.3. The van der Waals surface area contributed by atoms with Crippen LogP contribution < -0.4 is 5.69 Å². The van der Waals surface area contributed by atoms with Crippen LogP contribution in [0.4, 0.5) is 0 Å². The van der Waals surface area contributed by atoms with Gasteiger partial charge >= 0.3 is 11.7 Å². The molecule has 1 aromatic carbocycles. The minimum atomic E-state index is -1.11. The summed E-state index contributed by atoms with van der Waals surface area (Å²) in [6.07, 6.45) is 1.27. The number of aromatic nitrogens is 2. The highest BCUT2D eigenvalue weighted by molar-refractivity contribution is 9.10. The predicted octanol–water partition coefficient (Wildman–Crippen LogP) is 1.91. The monoisotopic (exact) mass is 308 g/mol. The first-order valence-electron chi connectivity index (χ1n) is 5.06. The van der Waals surface area contributed by atoms with Gasteiger partial charge in [0, 0.05) is 23.3 Å². The fourth-order valence-electron chi connectivity index (χ4n) is 1.53. The lowest BCUT2D eigenvalue weighted by Gasteiger charge is -2.06. The van der Waals surface area contributed by atoms with Crippen molar-refractivity contribution in [1.82, 2.24) is 9.55 Å². The minimum absolute atomic E-state index is 0.000535. The van der Waals surface area contributed by atoms with Gasteiger partial charge < -0.3 is 9.67 Å². The predicted molar refractivity (Wildman–Crippen MR) is 69.6 cm³/mol. The van der Waals surface area contributed by atoms with E-state index in [-0.39, 0.29) is 11.3 Å². The summed E-state index contributed by atoms with van der Waals surface area (Å²) in [6, 6.07) is 6.94. The molecule has 1 N–H and O–H groups in total. The molecule has 0 atom stereocenters. The second kappa shape index (κ2) is 4.73. The first-order valence-corrected chi connectivity index (χ1v) is 5.85. The quantitative estimate of drug-likeness (QED) is 0.920. The Morgan fingerprint density at radius 1 is 1.33 bits per heavy atom. The molecule has 0 radical (unpaired) electrons. The Kier molecular flexibility index (Phi) is 3.29. The van der Waals surface area contributed by atoms with Crippen molar-refractivity contribution in [1.29, 1.82) is 0 Å².